The molecule has 130 valence electrons. The number of halogens is 3. The maximum Gasteiger partial charge on any atom is 0.573 e. The van der Waals surface area contributed by atoms with Crippen molar-refractivity contribution in [1.82, 2.24) is 5.32 Å². The van der Waals surface area contributed by atoms with Gasteiger partial charge in [-0.1, -0.05) is 12.1 Å². The number of carbonyl (C=O) groups excluding carboxylic acids is 1. The van der Waals surface area contributed by atoms with Gasteiger partial charge in [0.1, 0.15) is 5.60 Å². The Labute approximate surface area is 133 Å². The molecule has 0 aliphatic heterocycles. The van der Waals surface area contributed by atoms with Crippen LogP contribution in [0.25, 0.3) is 0 Å². The molecule has 0 fully saturated rings. The van der Waals surface area contributed by atoms with Crippen LogP contribution in [-0.4, -0.2) is 30.6 Å². The number of hydrogen-bond acceptors (Lipinski definition) is 4. The van der Waals surface area contributed by atoms with Crippen molar-refractivity contribution in [1.29, 1.82) is 0 Å². The van der Waals surface area contributed by atoms with E-state index in [1.807, 2.05) is 0 Å². The van der Waals surface area contributed by atoms with Crippen molar-refractivity contribution in [2.75, 3.05) is 11.9 Å². The highest BCUT2D eigenvalue weighted by atomic mass is 19.4. The molecule has 23 heavy (non-hydrogen) atoms. The summed E-state index contributed by atoms with van der Waals surface area (Å²) in [5, 5.41) is 5.40. The molecule has 1 atom stereocenters. The summed E-state index contributed by atoms with van der Waals surface area (Å²) < 4.78 is 46.1. The summed E-state index contributed by atoms with van der Waals surface area (Å²) in [4.78, 5) is 11.5. The fourth-order valence-corrected chi connectivity index (χ4v) is 1.67. The van der Waals surface area contributed by atoms with E-state index >= 15 is 0 Å². The van der Waals surface area contributed by atoms with E-state index in [1.54, 1.807) is 33.8 Å². The Morgan fingerprint density at radius 1 is 1.22 bits per heavy atom. The molecule has 1 amide bonds. The summed E-state index contributed by atoms with van der Waals surface area (Å²) in [6.07, 6.45) is -5.36. The summed E-state index contributed by atoms with van der Waals surface area (Å²) in [5.41, 5.74) is -0.434. The molecule has 0 saturated carbocycles. The molecule has 1 aromatic rings. The molecule has 0 heterocycles. The van der Waals surface area contributed by atoms with Crippen LogP contribution >= 0.6 is 0 Å². The van der Waals surface area contributed by atoms with E-state index in [-0.39, 0.29) is 24.0 Å². The third kappa shape index (κ3) is 8.18. The number of ether oxygens (including phenoxy) is 2. The molecule has 0 aliphatic carbocycles. The van der Waals surface area contributed by atoms with E-state index < -0.39 is 18.1 Å². The molecular weight excluding hydrogens is 313 g/mol. The monoisotopic (exact) mass is 334 g/mol. The van der Waals surface area contributed by atoms with Gasteiger partial charge in [-0.3, -0.25) is 0 Å². The Kier molecular flexibility index (Phi) is 6.12. The van der Waals surface area contributed by atoms with Gasteiger partial charge in [0.15, 0.2) is 5.75 Å². The third-order valence-electron chi connectivity index (χ3n) is 2.47. The first kappa shape index (κ1) is 18.9. The number of rotatable bonds is 5. The molecule has 2 N–H and O–H groups in total. The average Bonchev–Trinajstić information content (AvgIpc) is 2.35. The normalized spacial score (nSPS) is 13.2. The van der Waals surface area contributed by atoms with Crippen LogP contribution in [0.3, 0.4) is 0 Å². The van der Waals surface area contributed by atoms with Gasteiger partial charge in [-0.15, -0.1) is 13.2 Å². The second kappa shape index (κ2) is 7.43. The molecule has 5 nitrogen and oxygen atoms in total. The van der Waals surface area contributed by atoms with Crippen molar-refractivity contribution in [2.24, 2.45) is 0 Å². The lowest BCUT2D eigenvalue weighted by atomic mass is 10.2. The van der Waals surface area contributed by atoms with Gasteiger partial charge in [0.25, 0.3) is 0 Å². The molecule has 0 aromatic heterocycles. The van der Waals surface area contributed by atoms with Crippen LogP contribution in [0.4, 0.5) is 23.7 Å². The number of para-hydroxylation sites is 2. The lowest BCUT2D eigenvalue weighted by molar-refractivity contribution is -0.274. The Hall–Kier alpha value is -2.12. The van der Waals surface area contributed by atoms with Gasteiger partial charge in [0, 0.05) is 12.6 Å². The zero-order valence-corrected chi connectivity index (χ0v) is 13.5. The Morgan fingerprint density at radius 2 is 1.83 bits per heavy atom. The summed E-state index contributed by atoms with van der Waals surface area (Å²) in [6.45, 7) is 7.09. The van der Waals surface area contributed by atoms with Crippen LogP contribution in [0, 0.1) is 0 Å². The Balaban J connectivity index is 2.58. The van der Waals surface area contributed by atoms with Crippen LogP contribution in [0.5, 0.6) is 5.75 Å². The molecule has 0 bridgehead atoms. The molecule has 1 aromatic carbocycles. The minimum Gasteiger partial charge on any atom is -0.444 e. The highest BCUT2D eigenvalue weighted by Gasteiger charge is 2.32. The fourth-order valence-electron chi connectivity index (χ4n) is 1.67. The summed E-state index contributed by atoms with van der Waals surface area (Å²) in [5.74, 6) is -0.330. The Morgan fingerprint density at radius 3 is 2.39 bits per heavy atom. The van der Waals surface area contributed by atoms with Crippen molar-refractivity contribution < 1.29 is 27.4 Å². The van der Waals surface area contributed by atoms with Crippen LogP contribution in [-0.2, 0) is 4.74 Å². The molecule has 0 aliphatic rings. The van der Waals surface area contributed by atoms with Crippen molar-refractivity contribution in [3.8, 4) is 5.75 Å². The molecular formula is C15H21F3N2O3. The molecule has 0 radical (unpaired) electrons. The lowest BCUT2D eigenvalue weighted by Gasteiger charge is -2.22. The number of amides is 1. The van der Waals surface area contributed by atoms with Crippen LogP contribution in [0.15, 0.2) is 24.3 Å². The van der Waals surface area contributed by atoms with E-state index in [0.717, 1.165) is 0 Å². The van der Waals surface area contributed by atoms with Crippen molar-refractivity contribution in [3.05, 3.63) is 24.3 Å². The highest BCUT2D eigenvalue weighted by Crippen LogP contribution is 2.30. The van der Waals surface area contributed by atoms with Gasteiger partial charge >= 0.3 is 12.5 Å². The van der Waals surface area contributed by atoms with Gasteiger partial charge in [0.05, 0.1) is 5.69 Å². The first-order valence-corrected chi connectivity index (χ1v) is 7.04. The van der Waals surface area contributed by atoms with Crippen LogP contribution < -0.4 is 15.4 Å². The number of anilines is 1. The number of benzene rings is 1. The number of alkyl halides is 3. The predicted molar refractivity (Wildman–Crippen MR) is 80.4 cm³/mol. The predicted octanol–water partition coefficient (Wildman–Crippen LogP) is 3.91. The minimum absolute atomic E-state index is 0.176. The van der Waals surface area contributed by atoms with E-state index in [9.17, 15) is 18.0 Å². The molecule has 0 saturated heterocycles. The molecule has 1 rings (SSSR count). The molecule has 1 unspecified atom stereocenters. The van der Waals surface area contributed by atoms with Gasteiger partial charge in [-0.2, -0.15) is 0 Å². The summed E-state index contributed by atoms with van der Waals surface area (Å²) in [7, 11) is 0. The zero-order valence-electron chi connectivity index (χ0n) is 13.5. The van der Waals surface area contributed by atoms with Crippen LogP contribution in [0.2, 0.25) is 0 Å². The topological polar surface area (TPSA) is 59.6 Å². The van der Waals surface area contributed by atoms with Crippen molar-refractivity contribution >= 4 is 11.8 Å². The van der Waals surface area contributed by atoms with E-state index in [1.165, 1.54) is 18.2 Å². The highest BCUT2D eigenvalue weighted by molar-refractivity contribution is 5.67. The largest absolute Gasteiger partial charge is 0.573 e. The number of hydrogen-bond donors (Lipinski definition) is 2. The first-order chi connectivity index (χ1) is 10.5. The minimum atomic E-state index is -4.77. The SMILES string of the molecule is CC(CNC(=O)OC(C)(C)C)Nc1ccccc1OC(F)(F)F. The maximum atomic E-state index is 12.3. The van der Waals surface area contributed by atoms with Gasteiger partial charge in [0.2, 0.25) is 0 Å². The summed E-state index contributed by atoms with van der Waals surface area (Å²) in [6, 6.07) is 5.37. The van der Waals surface area contributed by atoms with Gasteiger partial charge in [-0.25, -0.2) is 4.79 Å². The zero-order chi connectivity index (χ0) is 17.7. The average molecular weight is 334 g/mol. The second-order valence-corrected chi connectivity index (χ2v) is 5.97. The van der Waals surface area contributed by atoms with Crippen molar-refractivity contribution in [3.63, 3.8) is 0 Å². The van der Waals surface area contributed by atoms with Crippen molar-refractivity contribution in [2.45, 2.75) is 45.7 Å². The second-order valence-electron chi connectivity index (χ2n) is 5.97. The maximum absolute atomic E-state index is 12.3. The molecule has 0 spiro atoms. The van der Waals surface area contributed by atoms with E-state index in [0.29, 0.717) is 0 Å². The standard InChI is InChI=1S/C15H21F3N2O3/c1-10(9-19-13(21)23-14(2,3)4)20-11-7-5-6-8-12(11)22-15(16,17)18/h5-8,10,20H,9H2,1-4H3,(H,19,21). The number of alkyl carbamates (subject to hydrolysis) is 1. The Bertz CT molecular complexity index is 527. The van der Waals surface area contributed by atoms with E-state index in [2.05, 4.69) is 15.4 Å². The first-order valence-electron chi connectivity index (χ1n) is 7.04. The lowest BCUT2D eigenvalue weighted by Crippen LogP contribution is -2.38. The summed E-state index contributed by atoms with van der Waals surface area (Å²) >= 11 is 0. The number of nitrogens with one attached hydrogen (secondary N) is 2. The third-order valence-corrected chi connectivity index (χ3v) is 2.47. The quantitative estimate of drug-likeness (QED) is 0.857. The van der Waals surface area contributed by atoms with Gasteiger partial charge < -0.3 is 20.1 Å². The smallest absolute Gasteiger partial charge is 0.444 e. The van der Waals surface area contributed by atoms with Crippen LogP contribution in [0.1, 0.15) is 27.7 Å². The number of carbonyl (C=O) groups is 1. The van der Waals surface area contributed by atoms with Gasteiger partial charge in [-0.05, 0) is 39.8 Å². The fraction of sp³-hybridized carbons (Fsp3) is 0.533. The van der Waals surface area contributed by atoms with E-state index in [4.69, 9.17) is 4.74 Å². The molecule has 8 heteroatoms.